The van der Waals surface area contributed by atoms with Crippen molar-refractivity contribution in [2.45, 2.75) is 0 Å². The highest BCUT2D eigenvalue weighted by atomic mass is 16.5. The smallest absolute Gasteiger partial charge is 0.337 e. The number of ketones is 2. The van der Waals surface area contributed by atoms with Gasteiger partial charge in [-0.2, -0.15) is 0 Å². The number of H-pyrrole nitrogens is 1. The van der Waals surface area contributed by atoms with Gasteiger partial charge in [-0.05, 0) is 17.7 Å². The van der Waals surface area contributed by atoms with Crippen molar-refractivity contribution >= 4 is 39.6 Å². The summed E-state index contributed by atoms with van der Waals surface area (Å²) < 4.78 is 4.68. The van der Waals surface area contributed by atoms with Crippen LogP contribution in [-0.4, -0.2) is 39.8 Å². The van der Waals surface area contributed by atoms with Crippen LogP contribution in [0, 0.1) is 0 Å². The second-order valence-electron chi connectivity index (χ2n) is 6.43. The summed E-state index contributed by atoms with van der Waals surface area (Å²) in [5.74, 6) is -3.70. The first-order valence-corrected chi connectivity index (χ1v) is 8.65. The zero-order valence-corrected chi connectivity index (χ0v) is 15.2. The van der Waals surface area contributed by atoms with E-state index in [0.717, 1.165) is 0 Å². The maximum absolute atomic E-state index is 12.9. The fourth-order valence-corrected chi connectivity index (χ4v) is 3.38. The number of aromatic nitrogens is 1. The van der Waals surface area contributed by atoms with Crippen LogP contribution in [0.2, 0.25) is 0 Å². The van der Waals surface area contributed by atoms with Gasteiger partial charge in [0.05, 0.1) is 23.8 Å². The maximum atomic E-state index is 12.9. The lowest BCUT2D eigenvalue weighted by molar-refractivity contribution is -0.116. The number of carbonyl (C=O) groups is 3. The number of aromatic amines is 1. The Morgan fingerprint density at radius 3 is 2.28 bits per heavy atom. The Morgan fingerprint density at radius 2 is 1.59 bits per heavy atom. The van der Waals surface area contributed by atoms with E-state index in [1.807, 2.05) is 0 Å². The first-order valence-electron chi connectivity index (χ1n) is 8.65. The molecule has 1 aromatic heterocycles. The predicted octanol–water partition coefficient (Wildman–Crippen LogP) is 3.34. The Labute approximate surface area is 164 Å². The lowest BCUT2D eigenvalue weighted by Crippen LogP contribution is -2.22. The zero-order valence-electron chi connectivity index (χ0n) is 15.2. The number of fused-ring (bicyclic) bond motifs is 1. The minimum atomic E-state index is -0.862. The molecule has 0 bridgehead atoms. The van der Waals surface area contributed by atoms with Crippen molar-refractivity contribution in [2.24, 2.45) is 0 Å². The van der Waals surface area contributed by atoms with Gasteiger partial charge in [0.2, 0.25) is 11.6 Å². The van der Waals surface area contributed by atoms with E-state index in [1.54, 1.807) is 36.4 Å². The van der Waals surface area contributed by atoms with Gasteiger partial charge in [-0.15, -0.1) is 0 Å². The molecule has 2 aromatic carbocycles. The molecule has 0 fully saturated rings. The van der Waals surface area contributed by atoms with Gasteiger partial charge in [-0.25, -0.2) is 4.79 Å². The maximum Gasteiger partial charge on any atom is 0.337 e. The van der Waals surface area contributed by atoms with Crippen LogP contribution in [0.15, 0.2) is 66.2 Å². The number of hydrogen-bond donors (Lipinski definition) is 3. The Kier molecular flexibility index (Phi) is 4.27. The second kappa shape index (κ2) is 6.79. The highest BCUT2D eigenvalue weighted by Gasteiger charge is 2.37. The largest absolute Gasteiger partial charge is 0.504 e. The van der Waals surface area contributed by atoms with E-state index in [9.17, 15) is 24.6 Å². The molecule has 29 heavy (non-hydrogen) atoms. The Balaban J connectivity index is 1.84. The fraction of sp³-hybridized carbons (Fsp3) is 0.0455. The molecule has 0 amide bonds. The van der Waals surface area contributed by atoms with Crippen LogP contribution >= 0.6 is 0 Å². The summed E-state index contributed by atoms with van der Waals surface area (Å²) in [5, 5.41) is 21.5. The summed E-state index contributed by atoms with van der Waals surface area (Å²) >= 11 is 0. The number of aliphatic hydroxyl groups excluding tert-OH is 2. The van der Waals surface area contributed by atoms with Gasteiger partial charge in [0.15, 0.2) is 11.5 Å². The lowest BCUT2D eigenvalue weighted by atomic mass is 9.86. The second-order valence-corrected chi connectivity index (χ2v) is 6.43. The monoisotopic (exact) mass is 389 g/mol. The molecule has 0 aliphatic heterocycles. The summed E-state index contributed by atoms with van der Waals surface area (Å²) in [6.45, 7) is 0. The predicted molar refractivity (Wildman–Crippen MR) is 105 cm³/mol. The molecule has 7 nitrogen and oxygen atoms in total. The quantitative estimate of drug-likeness (QED) is 0.467. The van der Waals surface area contributed by atoms with Gasteiger partial charge in [0, 0.05) is 22.7 Å². The van der Waals surface area contributed by atoms with Crippen LogP contribution in [0.4, 0.5) is 0 Å². The number of hydrogen-bond acceptors (Lipinski definition) is 6. The number of carbonyl (C=O) groups excluding carboxylic acids is 3. The third kappa shape index (κ3) is 2.80. The zero-order chi connectivity index (χ0) is 20.7. The number of Topliss-reactive ketones (excluding diaryl/α,β-unsaturated/α-hetero) is 2. The van der Waals surface area contributed by atoms with Gasteiger partial charge in [0.1, 0.15) is 0 Å². The first-order chi connectivity index (χ1) is 13.9. The SMILES string of the molecule is COC(=O)c1ccc2c(C3=C(O)C(=O)C(c4ccccc4)=C(O)C3=O)c[nH]c2c1. The van der Waals surface area contributed by atoms with E-state index in [0.29, 0.717) is 22.0 Å². The summed E-state index contributed by atoms with van der Waals surface area (Å²) in [6.07, 6.45) is 1.43. The number of nitrogens with one attached hydrogen (secondary N) is 1. The number of benzene rings is 2. The number of esters is 1. The Hall–Kier alpha value is -4.13. The lowest BCUT2D eigenvalue weighted by Gasteiger charge is -2.18. The molecule has 7 heteroatoms. The molecule has 1 aliphatic rings. The molecule has 0 saturated carbocycles. The molecule has 0 radical (unpaired) electrons. The molecule has 0 saturated heterocycles. The van der Waals surface area contributed by atoms with Gasteiger partial charge >= 0.3 is 5.97 Å². The van der Waals surface area contributed by atoms with Gasteiger partial charge in [-0.3, -0.25) is 9.59 Å². The average molecular weight is 389 g/mol. The van der Waals surface area contributed by atoms with E-state index in [2.05, 4.69) is 9.72 Å². The Bertz CT molecular complexity index is 1250. The average Bonchev–Trinajstić information content (AvgIpc) is 3.16. The molecular weight excluding hydrogens is 374 g/mol. The van der Waals surface area contributed by atoms with Gasteiger partial charge in [-0.1, -0.05) is 36.4 Å². The molecule has 0 atom stereocenters. The van der Waals surface area contributed by atoms with Crippen LogP contribution < -0.4 is 0 Å². The van der Waals surface area contributed by atoms with E-state index < -0.39 is 29.1 Å². The van der Waals surface area contributed by atoms with E-state index in [4.69, 9.17) is 0 Å². The van der Waals surface area contributed by atoms with Crippen LogP contribution in [0.1, 0.15) is 21.5 Å². The van der Waals surface area contributed by atoms with Gasteiger partial charge < -0.3 is 19.9 Å². The number of ether oxygens (including phenoxy) is 1. The van der Waals surface area contributed by atoms with Crippen molar-refractivity contribution in [1.29, 1.82) is 0 Å². The van der Waals surface area contributed by atoms with Crippen LogP contribution in [0.5, 0.6) is 0 Å². The summed E-state index contributed by atoms with van der Waals surface area (Å²) in [4.78, 5) is 40.2. The van der Waals surface area contributed by atoms with E-state index >= 15 is 0 Å². The van der Waals surface area contributed by atoms with Crippen molar-refractivity contribution in [3.8, 4) is 0 Å². The molecule has 0 unspecified atom stereocenters. The molecule has 0 spiro atoms. The molecule has 1 aliphatic carbocycles. The Morgan fingerprint density at radius 1 is 0.931 bits per heavy atom. The molecule has 144 valence electrons. The molecule has 3 aromatic rings. The molecule has 3 N–H and O–H groups in total. The summed E-state index contributed by atoms with van der Waals surface area (Å²) in [6, 6.07) is 12.8. The normalized spacial score (nSPS) is 14.7. The van der Waals surface area contributed by atoms with Crippen LogP contribution in [-0.2, 0) is 14.3 Å². The molecular formula is C22H15NO6. The third-order valence-corrected chi connectivity index (χ3v) is 4.79. The molecule has 4 rings (SSSR count). The first kappa shape index (κ1) is 18.2. The standard InChI is InChI=1S/C22H15NO6/c1-29-22(28)12-7-8-13-14(10-23-15(13)9-12)17-20(26)18(24)16(19(25)21(17)27)11-5-3-2-4-6-11/h2-10,23-24,27H,1H3. The summed E-state index contributed by atoms with van der Waals surface area (Å²) in [7, 11) is 1.27. The van der Waals surface area contributed by atoms with Crippen LogP contribution in [0.3, 0.4) is 0 Å². The third-order valence-electron chi connectivity index (χ3n) is 4.79. The topological polar surface area (TPSA) is 117 Å². The van der Waals surface area contributed by atoms with Crippen molar-refractivity contribution in [2.75, 3.05) is 7.11 Å². The molecule has 1 heterocycles. The number of methoxy groups -OCH3 is 1. The van der Waals surface area contributed by atoms with Crippen molar-refractivity contribution in [1.82, 2.24) is 4.98 Å². The van der Waals surface area contributed by atoms with Crippen molar-refractivity contribution in [3.05, 3.63) is 82.9 Å². The fourth-order valence-electron chi connectivity index (χ4n) is 3.38. The minimum Gasteiger partial charge on any atom is -0.504 e. The van der Waals surface area contributed by atoms with Crippen molar-refractivity contribution < 1.29 is 29.3 Å². The van der Waals surface area contributed by atoms with Gasteiger partial charge in [0.25, 0.3) is 0 Å². The minimum absolute atomic E-state index is 0.242. The highest BCUT2D eigenvalue weighted by Crippen LogP contribution is 2.36. The number of allylic oxidation sites excluding steroid dienone is 2. The summed E-state index contributed by atoms with van der Waals surface area (Å²) in [5.41, 5.74) is 0.822. The highest BCUT2D eigenvalue weighted by molar-refractivity contribution is 6.47. The number of aliphatic hydroxyl groups is 2. The van der Waals surface area contributed by atoms with Crippen molar-refractivity contribution in [3.63, 3.8) is 0 Å². The van der Waals surface area contributed by atoms with E-state index in [-0.39, 0.29) is 16.7 Å². The van der Waals surface area contributed by atoms with E-state index in [1.165, 1.54) is 25.4 Å². The number of rotatable bonds is 3. The van der Waals surface area contributed by atoms with Crippen LogP contribution in [0.25, 0.3) is 22.0 Å².